The molecular formula is C13H18N2O3S. The van der Waals surface area contributed by atoms with E-state index in [0.29, 0.717) is 11.4 Å². The largest absolute Gasteiger partial charge is 0.371 e. The second-order valence-electron chi connectivity index (χ2n) is 4.81. The monoisotopic (exact) mass is 282 g/mol. The summed E-state index contributed by atoms with van der Waals surface area (Å²) in [5, 5.41) is 2.66. The Kier molecular flexibility index (Phi) is 3.80. The number of amides is 1. The highest BCUT2D eigenvalue weighted by Crippen LogP contribution is 2.25. The van der Waals surface area contributed by atoms with E-state index in [1.807, 2.05) is 0 Å². The molecule has 1 heterocycles. The number of sulfone groups is 1. The molecule has 1 unspecified atom stereocenters. The van der Waals surface area contributed by atoms with Gasteiger partial charge >= 0.3 is 0 Å². The number of hydrogen-bond donors (Lipinski definition) is 1. The van der Waals surface area contributed by atoms with Gasteiger partial charge in [0.05, 0.1) is 10.8 Å². The van der Waals surface area contributed by atoms with Gasteiger partial charge in [0.1, 0.15) is 0 Å². The van der Waals surface area contributed by atoms with E-state index >= 15 is 0 Å². The van der Waals surface area contributed by atoms with Crippen molar-refractivity contribution in [1.82, 2.24) is 5.32 Å². The molecule has 5 nitrogen and oxygen atoms in total. The molecule has 1 atom stereocenters. The lowest BCUT2D eigenvalue weighted by Crippen LogP contribution is -2.30. The second kappa shape index (κ2) is 5.21. The van der Waals surface area contributed by atoms with E-state index in [-0.39, 0.29) is 11.8 Å². The van der Waals surface area contributed by atoms with Crippen LogP contribution in [0, 0.1) is 5.92 Å². The van der Waals surface area contributed by atoms with Gasteiger partial charge in [-0.2, -0.15) is 0 Å². The van der Waals surface area contributed by atoms with Crippen LogP contribution in [0.15, 0.2) is 29.2 Å². The zero-order valence-electron chi connectivity index (χ0n) is 11.1. The quantitative estimate of drug-likeness (QED) is 0.884. The molecule has 1 saturated heterocycles. The van der Waals surface area contributed by atoms with Crippen LogP contribution in [0.4, 0.5) is 5.69 Å². The topological polar surface area (TPSA) is 66.5 Å². The Morgan fingerprint density at radius 3 is 2.47 bits per heavy atom. The summed E-state index contributed by atoms with van der Waals surface area (Å²) in [7, 11) is -1.51. The van der Waals surface area contributed by atoms with E-state index < -0.39 is 9.84 Å². The number of rotatable bonds is 3. The van der Waals surface area contributed by atoms with Crippen LogP contribution in [-0.2, 0) is 14.6 Å². The van der Waals surface area contributed by atoms with Crippen LogP contribution in [0.3, 0.4) is 0 Å². The average molecular weight is 282 g/mol. The van der Waals surface area contributed by atoms with Crippen LogP contribution < -0.4 is 10.2 Å². The third-order valence-electron chi connectivity index (χ3n) is 3.44. The van der Waals surface area contributed by atoms with Gasteiger partial charge in [-0.25, -0.2) is 8.42 Å². The molecule has 0 spiro atoms. The Hall–Kier alpha value is -1.56. The minimum atomic E-state index is -3.15. The van der Waals surface area contributed by atoms with Gasteiger partial charge in [0.15, 0.2) is 9.84 Å². The van der Waals surface area contributed by atoms with Crippen LogP contribution in [0.5, 0.6) is 0 Å². The van der Waals surface area contributed by atoms with Crippen molar-refractivity contribution in [2.24, 2.45) is 5.92 Å². The first-order valence-electron chi connectivity index (χ1n) is 6.18. The molecule has 2 rings (SSSR count). The van der Waals surface area contributed by atoms with Crippen LogP contribution in [0.2, 0.25) is 0 Å². The van der Waals surface area contributed by atoms with E-state index in [4.69, 9.17) is 0 Å². The summed E-state index contributed by atoms with van der Waals surface area (Å²) in [6, 6.07) is 6.81. The standard InChI is InChI=1S/C13H18N2O3S/c1-14-13(16)10-7-8-15(9-10)11-3-5-12(6-4-11)19(2,17)18/h3-6,10H,7-9H2,1-2H3,(H,14,16). The van der Waals surface area contributed by atoms with Gasteiger partial charge in [-0.05, 0) is 30.7 Å². The van der Waals surface area contributed by atoms with E-state index in [9.17, 15) is 13.2 Å². The van der Waals surface area contributed by atoms with Gasteiger partial charge in [0.25, 0.3) is 0 Å². The molecule has 0 bridgehead atoms. The summed E-state index contributed by atoms with van der Waals surface area (Å²) >= 11 is 0. The Balaban J connectivity index is 2.10. The highest BCUT2D eigenvalue weighted by Gasteiger charge is 2.27. The third-order valence-corrected chi connectivity index (χ3v) is 4.56. The molecule has 1 aromatic rings. The molecule has 0 aromatic heterocycles. The van der Waals surface area contributed by atoms with Gasteiger partial charge in [-0.15, -0.1) is 0 Å². The van der Waals surface area contributed by atoms with Crippen molar-refractivity contribution in [2.45, 2.75) is 11.3 Å². The fraction of sp³-hybridized carbons (Fsp3) is 0.462. The number of anilines is 1. The highest BCUT2D eigenvalue weighted by atomic mass is 32.2. The molecule has 19 heavy (non-hydrogen) atoms. The summed E-state index contributed by atoms with van der Waals surface area (Å²) in [6.07, 6.45) is 2.02. The summed E-state index contributed by atoms with van der Waals surface area (Å²) in [4.78, 5) is 14.0. The average Bonchev–Trinajstić information content (AvgIpc) is 2.86. The summed E-state index contributed by atoms with van der Waals surface area (Å²) in [6.45, 7) is 1.49. The molecule has 1 N–H and O–H groups in total. The lowest BCUT2D eigenvalue weighted by atomic mass is 10.1. The molecule has 0 radical (unpaired) electrons. The number of nitrogens with one attached hydrogen (secondary N) is 1. The molecule has 0 aliphatic carbocycles. The van der Waals surface area contributed by atoms with E-state index in [2.05, 4.69) is 10.2 Å². The third kappa shape index (κ3) is 3.07. The maximum atomic E-state index is 11.6. The minimum Gasteiger partial charge on any atom is -0.371 e. The molecule has 104 valence electrons. The van der Waals surface area contributed by atoms with E-state index in [1.54, 1.807) is 31.3 Å². The smallest absolute Gasteiger partial charge is 0.224 e. The van der Waals surface area contributed by atoms with Gasteiger partial charge in [0, 0.05) is 32.1 Å². The lowest BCUT2D eigenvalue weighted by molar-refractivity contribution is -0.123. The Bertz CT molecular complexity index is 566. The minimum absolute atomic E-state index is 0.0135. The molecule has 1 aromatic carbocycles. The Labute approximate surface area is 113 Å². The highest BCUT2D eigenvalue weighted by molar-refractivity contribution is 7.90. The zero-order valence-corrected chi connectivity index (χ0v) is 11.9. The molecular weight excluding hydrogens is 264 g/mol. The van der Waals surface area contributed by atoms with Crippen LogP contribution >= 0.6 is 0 Å². The fourth-order valence-electron chi connectivity index (χ4n) is 2.32. The van der Waals surface area contributed by atoms with Gasteiger partial charge in [0.2, 0.25) is 5.91 Å². The molecule has 1 aliphatic heterocycles. The molecule has 6 heteroatoms. The van der Waals surface area contributed by atoms with Crippen molar-refractivity contribution < 1.29 is 13.2 Å². The maximum absolute atomic E-state index is 11.6. The second-order valence-corrected chi connectivity index (χ2v) is 6.83. The normalized spacial score (nSPS) is 19.5. The van der Waals surface area contributed by atoms with Crippen LogP contribution in [0.25, 0.3) is 0 Å². The zero-order chi connectivity index (χ0) is 14.0. The van der Waals surface area contributed by atoms with Crippen molar-refractivity contribution in [3.05, 3.63) is 24.3 Å². The molecule has 1 amide bonds. The molecule has 0 saturated carbocycles. The number of carbonyl (C=O) groups is 1. The first-order valence-corrected chi connectivity index (χ1v) is 8.07. The summed E-state index contributed by atoms with van der Waals surface area (Å²) in [5.41, 5.74) is 0.957. The Morgan fingerprint density at radius 1 is 1.32 bits per heavy atom. The predicted octanol–water partition coefficient (Wildman–Crippen LogP) is 0.662. The van der Waals surface area contributed by atoms with E-state index in [0.717, 1.165) is 18.7 Å². The van der Waals surface area contributed by atoms with Gasteiger partial charge in [-0.1, -0.05) is 0 Å². The predicted molar refractivity (Wildman–Crippen MR) is 73.9 cm³/mol. The van der Waals surface area contributed by atoms with Gasteiger partial charge in [-0.3, -0.25) is 4.79 Å². The molecule has 1 aliphatic rings. The Morgan fingerprint density at radius 2 is 1.95 bits per heavy atom. The SMILES string of the molecule is CNC(=O)C1CCN(c2ccc(S(C)(=O)=O)cc2)C1. The maximum Gasteiger partial charge on any atom is 0.224 e. The number of benzene rings is 1. The van der Waals surface area contributed by atoms with Crippen LogP contribution in [0.1, 0.15) is 6.42 Å². The van der Waals surface area contributed by atoms with Crippen LogP contribution in [-0.4, -0.2) is 40.7 Å². The number of nitrogens with zero attached hydrogens (tertiary/aromatic N) is 1. The first kappa shape index (κ1) is 13.9. The lowest BCUT2D eigenvalue weighted by Gasteiger charge is -2.18. The van der Waals surface area contributed by atoms with Crippen molar-refractivity contribution >= 4 is 21.4 Å². The van der Waals surface area contributed by atoms with Crippen molar-refractivity contribution in [3.63, 3.8) is 0 Å². The van der Waals surface area contributed by atoms with Crippen molar-refractivity contribution in [1.29, 1.82) is 0 Å². The van der Waals surface area contributed by atoms with Crippen molar-refractivity contribution in [2.75, 3.05) is 31.3 Å². The van der Waals surface area contributed by atoms with E-state index in [1.165, 1.54) is 6.26 Å². The number of hydrogen-bond acceptors (Lipinski definition) is 4. The number of carbonyl (C=O) groups excluding carboxylic acids is 1. The molecule has 1 fully saturated rings. The summed E-state index contributed by atoms with van der Waals surface area (Å²) in [5.74, 6) is 0.0786. The first-order chi connectivity index (χ1) is 8.91. The van der Waals surface area contributed by atoms with Crippen molar-refractivity contribution in [3.8, 4) is 0 Å². The fourth-order valence-corrected chi connectivity index (χ4v) is 2.95. The van der Waals surface area contributed by atoms with Gasteiger partial charge < -0.3 is 10.2 Å². The summed E-state index contributed by atoms with van der Waals surface area (Å²) < 4.78 is 22.8.